The molecule has 2 fully saturated rings. The quantitative estimate of drug-likeness (QED) is 0.513. The molecule has 1 aromatic rings. The predicted molar refractivity (Wildman–Crippen MR) is 110 cm³/mol. The summed E-state index contributed by atoms with van der Waals surface area (Å²) >= 11 is 0. The van der Waals surface area contributed by atoms with Crippen molar-refractivity contribution in [3.8, 4) is 0 Å². The van der Waals surface area contributed by atoms with Gasteiger partial charge in [0.05, 0.1) is 0 Å². The lowest BCUT2D eigenvalue weighted by Gasteiger charge is -2.39. The first-order valence-corrected chi connectivity index (χ1v) is 11.6. The molecule has 0 saturated heterocycles. The zero-order valence-electron chi connectivity index (χ0n) is 17.3. The van der Waals surface area contributed by atoms with Gasteiger partial charge < -0.3 is 0 Å². The normalized spacial score (nSPS) is 25.9. The van der Waals surface area contributed by atoms with Crippen LogP contribution in [0, 0.1) is 23.7 Å². The van der Waals surface area contributed by atoms with E-state index in [1.165, 1.54) is 82.6 Å². The van der Waals surface area contributed by atoms with Crippen molar-refractivity contribution in [2.24, 2.45) is 23.7 Å². The lowest BCUT2D eigenvalue weighted by molar-refractivity contribution is 0.123. The van der Waals surface area contributed by atoms with Gasteiger partial charge in [0.15, 0.2) is 0 Å². The van der Waals surface area contributed by atoms with E-state index in [0.717, 1.165) is 42.3 Å². The van der Waals surface area contributed by atoms with Crippen molar-refractivity contribution in [3.63, 3.8) is 0 Å². The molecule has 1 unspecified atom stereocenters. The van der Waals surface area contributed by atoms with Gasteiger partial charge in [0.25, 0.3) is 0 Å². The lowest BCUT2D eigenvalue weighted by atomic mass is 9.66. The van der Waals surface area contributed by atoms with Crippen LogP contribution in [0.1, 0.15) is 102 Å². The molecule has 0 aliphatic heterocycles. The molecule has 26 heavy (non-hydrogen) atoms. The fraction of sp³-hybridized carbons (Fsp3) is 0.833. The summed E-state index contributed by atoms with van der Waals surface area (Å²) in [5.74, 6) is 4.78. The molecule has 2 aliphatic carbocycles. The third kappa shape index (κ3) is 5.54. The van der Waals surface area contributed by atoms with Gasteiger partial charge in [0.1, 0.15) is 5.82 Å². The highest BCUT2D eigenvalue weighted by Gasteiger charge is 2.33. The zero-order valence-corrected chi connectivity index (χ0v) is 17.3. The van der Waals surface area contributed by atoms with Gasteiger partial charge in [-0.25, -0.2) is 9.97 Å². The van der Waals surface area contributed by atoms with E-state index < -0.39 is 0 Å². The van der Waals surface area contributed by atoms with Gasteiger partial charge in [0.2, 0.25) is 0 Å². The Hall–Kier alpha value is -0.920. The number of rotatable bonds is 8. The smallest absolute Gasteiger partial charge is 0.128 e. The van der Waals surface area contributed by atoms with Crippen LogP contribution < -0.4 is 0 Å². The fourth-order valence-corrected chi connectivity index (χ4v) is 5.51. The van der Waals surface area contributed by atoms with Crippen LogP contribution in [-0.4, -0.2) is 9.97 Å². The van der Waals surface area contributed by atoms with Crippen LogP contribution in [0.25, 0.3) is 0 Å². The Balaban J connectivity index is 1.65. The van der Waals surface area contributed by atoms with Crippen molar-refractivity contribution in [1.29, 1.82) is 0 Å². The van der Waals surface area contributed by atoms with Gasteiger partial charge in [-0.05, 0) is 54.9 Å². The molecule has 1 atom stereocenters. The van der Waals surface area contributed by atoms with Gasteiger partial charge in [-0.2, -0.15) is 0 Å². The fourth-order valence-electron chi connectivity index (χ4n) is 5.51. The van der Waals surface area contributed by atoms with Gasteiger partial charge in [-0.3, -0.25) is 0 Å². The Morgan fingerprint density at radius 3 is 2.15 bits per heavy atom. The van der Waals surface area contributed by atoms with Gasteiger partial charge in [-0.15, -0.1) is 0 Å². The lowest BCUT2D eigenvalue weighted by Crippen LogP contribution is -2.31. The van der Waals surface area contributed by atoms with E-state index in [2.05, 4.69) is 26.2 Å². The van der Waals surface area contributed by atoms with Crippen LogP contribution in [-0.2, 0) is 12.8 Å². The van der Waals surface area contributed by atoms with Gasteiger partial charge in [-0.1, -0.05) is 71.6 Å². The summed E-state index contributed by atoms with van der Waals surface area (Å²) in [5.41, 5.74) is 1.31. The Bertz CT molecular complexity index is 495. The minimum Gasteiger partial charge on any atom is -0.241 e. The summed E-state index contributed by atoms with van der Waals surface area (Å²) < 4.78 is 0. The van der Waals surface area contributed by atoms with Crippen LogP contribution in [0.2, 0.25) is 0 Å². The first-order chi connectivity index (χ1) is 12.8. The summed E-state index contributed by atoms with van der Waals surface area (Å²) in [5, 5.41) is 0. The van der Waals surface area contributed by atoms with Crippen molar-refractivity contribution in [2.45, 2.75) is 104 Å². The number of aryl methyl sites for hydroxylation is 1. The van der Waals surface area contributed by atoms with E-state index in [1.54, 1.807) is 0 Å². The van der Waals surface area contributed by atoms with E-state index in [9.17, 15) is 0 Å². The average molecular weight is 357 g/mol. The number of aromatic nitrogens is 2. The summed E-state index contributed by atoms with van der Waals surface area (Å²) in [6.07, 6.45) is 23.4. The van der Waals surface area contributed by atoms with Crippen molar-refractivity contribution in [1.82, 2.24) is 9.97 Å². The molecule has 1 heterocycles. The highest BCUT2D eigenvalue weighted by Crippen LogP contribution is 2.43. The molecule has 3 rings (SSSR count). The minimum absolute atomic E-state index is 0.828. The molecule has 0 radical (unpaired) electrons. The monoisotopic (exact) mass is 356 g/mol. The Morgan fingerprint density at radius 2 is 1.54 bits per heavy atom. The van der Waals surface area contributed by atoms with Crippen molar-refractivity contribution in [2.75, 3.05) is 0 Å². The van der Waals surface area contributed by atoms with Crippen LogP contribution in [0.4, 0.5) is 0 Å². The van der Waals surface area contributed by atoms with E-state index in [4.69, 9.17) is 9.97 Å². The number of hydrogen-bond acceptors (Lipinski definition) is 2. The van der Waals surface area contributed by atoms with Crippen LogP contribution in [0.3, 0.4) is 0 Å². The van der Waals surface area contributed by atoms with E-state index in [-0.39, 0.29) is 0 Å². The van der Waals surface area contributed by atoms with Crippen molar-refractivity contribution in [3.05, 3.63) is 23.8 Å². The molecule has 0 N–H and O–H groups in total. The van der Waals surface area contributed by atoms with Crippen LogP contribution >= 0.6 is 0 Å². The van der Waals surface area contributed by atoms with E-state index in [1.807, 2.05) is 0 Å². The highest BCUT2D eigenvalue weighted by molar-refractivity contribution is 5.06. The van der Waals surface area contributed by atoms with Crippen molar-refractivity contribution >= 4 is 0 Å². The number of hydrogen-bond donors (Lipinski definition) is 0. The molecule has 146 valence electrons. The molecule has 1 aromatic heterocycles. The topological polar surface area (TPSA) is 25.8 Å². The van der Waals surface area contributed by atoms with Crippen LogP contribution in [0.15, 0.2) is 12.4 Å². The molecule has 0 spiro atoms. The average Bonchev–Trinajstić information content (AvgIpc) is 2.72. The van der Waals surface area contributed by atoms with Gasteiger partial charge >= 0.3 is 0 Å². The molecular weight excluding hydrogens is 316 g/mol. The molecular formula is C24H40N2. The molecule has 2 aliphatic rings. The Kier molecular flexibility index (Phi) is 7.95. The number of nitrogens with zero attached hydrogens (tertiary/aromatic N) is 2. The maximum absolute atomic E-state index is 4.78. The molecule has 2 saturated carbocycles. The second kappa shape index (κ2) is 10.4. The summed E-state index contributed by atoms with van der Waals surface area (Å²) in [7, 11) is 0. The van der Waals surface area contributed by atoms with Gasteiger partial charge in [0, 0.05) is 18.8 Å². The summed E-state index contributed by atoms with van der Waals surface area (Å²) in [6.45, 7) is 4.62. The molecule has 2 nitrogen and oxygen atoms in total. The zero-order chi connectivity index (χ0) is 18.2. The van der Waals surface area contributed by atoms with E-state index in [0.29, 0.717) is 0 Å². The largest absolute Gasteiger partial charge is 0.241 e. The maximum atomic E-state index is 4.78. The standard InChI is InChI=1S/C24H40N2/c1-3-5-9-20-17-25-24(26-18-20)16-23(21-10-7-6-8-11-21)22-14-12-19(4-2)13-15-22/h17-19,21-23H,3-16H2,1-2H3. The first kappa shape index (κ1) is 19.8. The predicted octanol–water partition coefficient (Wildman–Crippen LogP) is 6.77. The third-order valence-corrected chi connectivity index (χ3v) is 7.33. The van der Waals surface area contributed by atoms with Crippen LogP contribution in [0.5, 0.6) is 0 Å². The minimum atomic E-state index is 0.828. The summed E-state index contributed by atoms with van der Waals surface area (Å²) in [4.78, 5) is 9.56. The summed E-state index contributed by atoms with van der Waals surface area (Å²) in [6, 6.07) is 0. The maximum Gasteiger partial charge on any atom is 0.128 e. The second-order valence-corrected chi connectivity index (χ2v) is 9.07. The number of unbranched alkanes of at least 4 members (excludes halogenated alkanes) is 1. The molecule has 0 aromatic carbocycles. The highest BCUT2D eigenvalue weighted by atomic mass is 14.9. The molecule has 2 heteroatoms. The Labute approximate surface area is 161 Å². The van der Waals surface area contributed by atoms with E-state index >= 15 is 0 Å². The van der Waals surface area contributed by atoms with Crippen molar-refractivity contribution < 1.29 is 0 Å². The third-order valence-electron chi connectivity index (χ3n) is 7.33. The molecule has 0 amide bonds. The first-order valence-electron chi connectivity index (χ1n) is 11.6. The molecule has 0 bridgehead atoms. The second-order valence-electron chi connectivity index (χ2n) is 9.07. The SMILES string of the molecule is CCCCc1cnc(CC(C2CCCCC2)C2CCC(CC)CC2)nc1. The Morgan fingerprint density at radius 1 is 0.885 bits per heavy atom.